The van der Waals surface area contributed by atoms with E-state index in [1.54, 1.807) is 17.7 Å². The molecule has 2 aromatic carbocycles. The summed E-state index contributed by atoms with van der Waals surface area (Å²) in [7, 11) is 0. The van der Waals surface area contributed by atoms with Gasteiger partial charge in [-0.25, -0.2) is 9.89 Å². The molecule has 0 aliphatic heterocycles. The molecule has 0 fully saturated rings. The number of carbonyl (C=O) groups excluding carboxylic acids is 1. The van der Waals surface area contributed by atoms with E-state index in [0.29, 0.717) is 29.3 Å². The molecule has 5 rings (SSSR count). The predicted octanol–water partition coefficient (Wildman–Crippen LogP) is 5.77. The second kappa shape index (κ2) is 11.4. The third kappa shape index (κ3) is 5.66. The number of rotatable bonds is 9. The number of unbranched alkanes of at least 4 members (excludes halogenated alkanes) is 1. The second-order valence-electron chi connectivity index (χ2n) is 11.3. The molecule has 0 saturated heterocycles. The molecule has 3 heterocycles. The molecule has 0 unspecified atom stereocenters. The molecule has 0 amide bonds. The van der Waals surface area contributed by atoms with Crippen molar-refractivity contribution in [2.45, 2.75) is 65.8 Å². The van der Waals surface area contributed by atoms with E-state index >= 15 is 0 Å². The van der Waals surface area contributed by atoms with Crippen molar-refractivity contribution in [2.24, 2.45) is 0 Å². The summed E-state index contributed by atoms with van der Waals surface area (Å²) in [5, 5.41) is 14.1. The summed E-state index contributed by atoms with van der Waals surface area (Å²) in [5.74, 6) is 0.436. The lowest BCUT2D eigenvalue weighted by atomic mass is 9.84. The number of aromatic amines is 1. The Morgan fingerprint density at radius 1 is 1.02 bits per heavy atom. The highest BCUT2D eigenvalue weighted by Gasteiger charge is 2.25. The largest absolute Gasteiger partial charge is 0.333 e. The van der Waals surface area contributed by atoms with E-state index in [4.69, 9.17) is 0 Å². The number of ketones is 1. The van der Waals surface area contributed by atoms with Crippen LogP contribution in [0.3, 0.4) is 0 Å². The lowest BCUT2D eigenvalue weighted by Crippen LogP contribution is -2.28. The summed E-state index contributed by atoms with van der Waals surface area (Å²) in [5.41, 5.74) is 6.27. The number of pyridine rings is 1. The highest BCUT2D eigenvalue weighted by molar-refractivity contribution is 5.98. The van der Waals surface area contributed by atoms with E-state index < -0.39 is 0 Å². The monoisotopic (exact) mass is 549 g/mol. The summed E-state index contributed by atoms with van der Waals surface area (Å²) in [6.45, 7) is 10.4. The van der Waals surface area contributed by atoms with Gasteiger partial charge in [-0.15, -0.1) is 5.10 Å². The van der Waals surface area contributed by atoms with E-state index in [1.807, 2.05) is 65.4 Å². The van der Waals surface area contributed by atoms with Crippen molar-refractivity contribution >= 4 is 5.78 Å². The topological polar surface area (TPSA) is 111 Å². The van der Waals surface area contributed by atoms with Crippen LogP contribution >= 0.6 is 0 Å². The first kappa shape index (κ1) is 27.9. The van der Waals surface area contributed by atoms with Gasteiger partial charge in [-0.1, -0.05) is 76.6 Å². The van der Waals surface area contributed by atoms with Crippen LogP contribution in [-0.2, 0) is 18.4 Å². The Bertz CT molecular complexity index is 1720. The van der Waals surface area contributed by atoms with E-state index in [0.717, 1.165) is 47.2 Å². The molecule has 9 heteroatoms. The maximum atomic E-state index is 14.1. The Balaban J connectivity index is 1.56. The van der Waals surface area contributed by atoms with Crippen LogP contribution < -0.4 is 5.69 Å². The smallest absolute Gasteiger partial charge is 0.294 e. The zero-order valence-electron chi connectivity index (χ0n) is 24.2. The molecule has 0 spiro atoms. The third-order valence-corrected chi connectivity index (χ3v) is 7.30. The molecule has 210 valence electrons. The van der Waals surface area contributed by atoms with Gasteiger partial charge in [0.1, 0.15) is 5.69 Å². The quantitative estimate of drug-likeness (QED) is 0.234. The summed E-state index contributed by atoms with van der Waals surface area (Å²) in [6, 6.07) is 17.7. The number of benzene rings is 2. The predicted molar refractivity (Wildman–Crippen MR) is 159 cm³/mol. The van der Waals surface area contributed by atoms with Crippen LogP contribution in [0, 0.1) is 0 Å². The number of carbonyl (C=O) groups is 1. The molecule has 0 bridgehead atoms. The Morgan fingerprint density at radius 2 is 1.80 bits per heavy atom. The number of para-hydroxylation sites is 1. The van der Waals surface area contributed by atoms with Crippen LogP contribution in [0.2, 0.25) is 0 Å². The zero-order chi connectivity index (χ0) is 29.1. The van der Waals surface area contributed by atoms with Gasteiger partial charge in [0.2, 0.25) is 0 Å². The lowest BCUT2D eigenvalue weighted by Gasteiger charge is -2.24. The van der Waals surface area contributed by atoms with E-state index in [1.165, 1.54) is 0 Å². The fraction of sp³-hybridized carbons (Fsp3) is 0.312. The van der Waals surface area contributed by atoms with Gasteiger partial charge in [0.05, 0.1) is 12.2 Å². The number of hydrogen-bond acceptors (Lipinski definition) is 6. The second-order valence-corrected chi connectivity index (χ2v) is 11.3. The first-order chi connectivity index (χ1) is 19.7. The van der Waals surface area contributed by atoms with Gasteiger partial charge in [-0.05, 0) is 64.4 Å². The number of aromatic nitrogens is 7. The van der Waals surface area contributed by atoms with Gasteiger partial charge in [0, 0.05) is 29.2 Å². The summed E-state index contributed by atoms with van der Waals surface area (Å²) >= 11 is 0. The average Bonchev–Trinajstić information content (AvgIpc) is 3.60. The van der Waals surface area contributed by atoms with Crippen LogP contribution in [0.5, 0.6) is 0 Å². The van der Waals surface area contributed by atoms with Gasteiger partial charge in [-0.3, -0.25) is 18.9 Å². The number of Topliss-reactive ketones (excluding diaryl/α,β-unsaturated/α-hetero) is 1. The molecule has 0 radical (unpaired) electrons. The van der Waals surface area contributed by atoms with Crippen LogP contribution in [0.25, 0.3) is 28.3 Å². The molecule has 1 N–H and O–H groups in total. The molecule has 0 aliphatic carbocycles. The Kier molecular flexibility index (Phi) is 7.79. The SMILES string of the molecule is CCCCc1cn(-c2c(C(C)=O)cccc2C(C)(C)C)c(=O)n1Cc1ccc(-c2cccnc2-c2nnn[nH]2)cc1. The van der Waals surface area contributed by atoms with E-state index in [2.05, 4.69) is 53.3 Å². The summed E-state index contributed by atoms with van der Waals surface area (Å²) in [4.78, 5) is 31.2. The Morgan fingerprint density at radius 3 is 2.46 bits per heavy atom. The zero-order valence-corrected chi connectivity index (χ0v) is 24.2. The summed E-state index contributed by atoms with van der Waals surface area (Å²) < 4.78 is 3.52. The fourth-order valence-electron chi connectivity index (χ4n) is 5.16. The molecule has 41 heavy (non-hydrogen) atoms. The first-order valence-electron chi connectivity index (χ1n) is 13.9. The first-order valence-corrected chi connectivity index (χ1v) is 13.9. The van der Waals surface area contributed by atoms with Crippen molar-refractivity contribution in [1.29, 1.82) is 0 Å². The highest BCUT2D eigenvalue weighted by atomic mass is 16.2. The van der Waals surface area contributed by atoms with Crippen LogP contribution in [0.15, 0.2) is 71.8 Å². The van der Waals surface area contributed by atoms with Crippen molar-refractivity contribution in [3.8, 4) is 28.3 Å². The summed E-state index contributed by atoms with van der Waals surface area (Å²) in [6.07, 6.45) is 6.38. The lowest BCUT2D eigenvalue weighted by molar-refractivity contribution is 0.101. The highest BCUT2D eigenvalue weighted by Crippen LogP contribution is 2.32. The number of nitrogens with zero attached hydrogens (tertiary/aromatic N) is 6. The minimum Gasteiger partial charge on any atom is -0.294 e. The number of hydrogen-bond donors (Lipinski definition) is 1. The average molecular weight is 550 g/mol. The normalized spacial score (nSPS) is 11.6. The molecular weight excluding hydrogens is 514 g/mol. The third-order valence-electron chi connectivity index (χ3n) is 7.30. The minimum absolute atomic E-state index is 0.0627. The van der Waals surface area contributed by atoms with Gasteiger partial charge in [0.25, 0.3) is 0 Å². The molecule has 0 aliphatic rings. The molecule has 9 nitrogen and oxygen atoms in total. The van der Waals surface area contributed by atoms with E-state index in [9.17, 15) is 9.59 Å². The van der Waals surface area contributed by atoms with Crippen molar-refractivity contribution < 1.29 is 4.79 Å². The fourth-order valence-corrected chi connectivity index (χ4v) is 5.16. The van der Waals surface area contributed by atoms with Gasteiger partial charge in [-0.2, -0.15) is 0 Å². The van der Waals surface area contributed by atoms with Crippen LogP contribution in [0.1, 0.15) is 74.6 Å². The molecule has 0 atom stereocenters. The number of tetrazole rings is 1. The van der Waals surface area contributed by atoms with Crippen LogP contribution in [-0.4, -0.2) is 40.5 Å². The Hall–Kier alpha value is -4.66. The van der Waals surface area contributed by atoms with Crippen molar-refractivity contribution in [1.82, 2.24) is 34.7 Å². The molecule has 5 aromatic rings. The number of nitrogens with one attached hydrogen (secondary N) is 1. The van der Waals surface area contributed by atoms with Crippen LogP contribution in [0.4, 0.5) is 0 Å². The number of aryl methyl sites for hydroxylation is 1. The van der Waals surface area contributed by atoms with Gasteiger partial charge >= 0.3 is 5.69 Å². The van der Waals surface area contributed by atoms with Crippen molar-refractivity contribution in [3.05, 3.63) is 99.9 Å². The Labute approximate surface area is 239 Å². The molecular formula is C32H35N7O2. The number of imidazole rings is 1. The maximum absolute atomic E-state index is 14.1. The van der Waals surface area contributed by atoms with Gasteiger partial charge in [0.15, 0.2) is 11.6 Å². The maximum Gasteiger partial charge on any atom is 0.333 e. The van der Waals surface area contributed by atoms with Crippen molar-refractivity contribution in [2.75, 3.05) is 0 Å². The molecule has 3 aromatic heterocycles. The van der Waals surface area contributed by atoms with E-state index in [-0.39, 0.29) is 16.9 Å². The standard InChI is InChI=1S/C32H35N7O2/c1-6-7-10-24-20-39(29-25(21(2)40)11-8-13-27(29)32(3,4)5)31(41)38(24)19-22-14-16-23(17-15-22)26-12-9-18-33-28(26)30-34-36-37-35-30/h8-9,11-18,20H,6-7,10,19H2,1-5H3,(H,34,35,36,37). The van der Waals surface area contributed by atoms with Gasteiger partial charge < -0.3 is 0 Å². The van der Waals surface area contributed by atoms with Crippen molar-refractivity contribution in [3.63, 3.8) is 0 Å². The minimum atomic E-state index is -0.255. The number of H-pyrrole nitrogens is 1. The molecule has 0 saturated carbocycles.